The van der Waals surface area contributed by atoms with Gasteiger partial charge < -0.3 is 10.2 Å². The lowest BCUT2D eigenvalue weighted by atomic mass is 10.1. The van der Waals surface area contributed by atoms with E-state index >= 15 is 0 Å². The van der Waals surface area contributed by atoms with Crippen molar-refractivity contribution in [3.63, 3.8) is 0 Å². The molecule has 1 aromatic carbocycles. The minimum absolute atomic E-state index is 0.359. The first-order valence-electron chi connectivity index (χ1n) is 7.87. The molecule has 0 heterocycles. The number of terminal acetylenes is 1. The van der Waals surface area contributed by atoms with Gasteiger partial charge in [-0.05, 0) is 56.3 Å². The first-order chi connectivity index (χ1) is 10.2. The summed E-state index contributed by atoms with van der Waals surface area (Å²) in [6, 6.07) is 6.98. The number of anilines is 1. The Hall–Kier alpha value is -0.980. The van der Waals surface area contributed by atoms with Crippen molar-refractivity contribution < 1.29 is 0 Å². The average Bonchev–Trinajstić information content (AvgIpc) is 3.28. The van der Waals surface area contributed by atoms with Crippen molar-refractivity contribution in [1.82, 2.24) is 5.32 Å². The average molecular weight is 349 g/mol. The van der Waals surface area contributed by atoms with Gasteiger partial charge >= 0.3 is 0 Å². The zero-order valence-corrected chi connectivity index (χ0v) is 14.6. The number of nitrogens with zero attached hydrogens (tertiary/aromatic N) is 1. The Balaban J connectivity index is 2.10. The van der Waals surface area contributed by atoms with Crippen molar-refractivity contribution in [2.45, 2.75) is 39.2 Å². The molecule has 0 bridgehead atoms. The van der Waals surface area contributed by atoms with Crippen LogP contribution >= 0.6 is 15.9 Å². The lowest BCUT2D eigenvalue weighted by molar-refractivity contribution is 0.569. The summed E-state index contributed by atoms with van der Waals surface area (Å²) in [7, 11) is 0. The van der Waals surface area contributed by atoms with Crippen LogP contribution in [0.1, 0.15) is 44.7 Å². The normalized spacial score (nSPS) is 15.5. The van der Waals surface area contributed by atoms with E-state index in [1.807, 2.05) is 0 Å². The van der Waals surface area contributed by atoms with Crippen LogP contribution in [0, 0.1) is 18.3 Å². The zero-order valence-electron chi connectivity index (χ0n) is 13.0. The molecule has 0 aromatic heterocycles. The molecule has 0 radical (unpaired) electrons. The summed E-state index contributed by atoms with van der Waals surface area (Å²) >= 11 is 3.72. The second kappa shape index (κ2) is 7.87. The summed E-state index contributed by atoms with van der Waals surface area (Å²) in [6.07, 6.45) is 9.36. The molecule has 2 nitrogen and oxygen atoms in total. The molecule has 2 rings (SSSR count). The molecule has 21 heavy (non-hydrogen) atoms. The van der Waals surface area contributed by atoms with Crippen molar-refractivity contribution in [2.75, 3.05) is 24.5 Å². The predicted octanol–water partition coefficient (Wildman–Crippen LogP) is 4.36. The van der Waals surface area contributed by atoms with Crippen molar-refractivity contribution >= 4 is 21.6 Å². The van der Waals surface area contributed by atoms with Crippen molar-refractivity contribution in [1.29, 1.82) is 0 Å². The first-order valence-corrected chi connectivity index (χ1v) is 8.66. The van der Waals surface area contributed by atoms with Crippen molar-refractivity contribution in [3.05, 3.63) is 28.2 Å². The lowest BCUT2D eigenvalue weighted by Crippen LogP contribution is -2.26. The Bertz CT molecular complexity index is 502. The molecule has 0 aliphatic heterocycles. The molecule has 0 amide bonds. The Labute approximate surface area is 137 Å². The van der Waals surface area contributed by atoms with E-state index < -0.39 is 0 Å². The van der Waals surface area contributed by atoms with E-state index in [-0.39, 0.29) is 0 Å². The molecule has 0 saturated heterocycles. The Morgan fingerprint density at radius 1 is 1.48 bits per heavy atom. The highest BCUT2D eigenvalue weighted by molar-refractivity contribution is 9.10. The van der Waals surface area contributed by atoms with Crippen LogP contribution in [0.3, 0.4) is 0 Å². The van der Waals surface area contributed by atoms with E-state index in [1.165, 1.54) is 24.1 Å². The van der Waals surface area contributed by atoms with Gasteiger partial charge in [0.1, 0.15) is 0 Å². The van der Waals surface area contributed by atoms with E-state index in [0.29, 0.717) is 12.6 Å². The molecule has 1 saturated carbocycles. The highest BCUT2D eigenvalue weighted by atomic mass is 79.9. The minimum Gasteiger partial charge on any atom is -0.360 e. The van der Waals surface area contributed by atoms with Crippen LogP contribution in [0.2, 0.25) is 0 Å². The van der Waals surface area contributed by atoms with Crippen LogP contribution < -0.4 is 10.2 Å². The predicted molar refractivity (Wildman–Crippen MR) is 94.6 cm³/mol. The van der Waals surface area contributed by atoms with Crippen molar-refractivity contribution in [2.24, 2.45) is 5.92 Å². The molecule has 1 N–H and O–H groups in total. The topological polar surface area (TPSA) is 15.3 Å². The van der Waals surface area contributed by atoms with E-state index in [0.717, 1.165) is 29.9 Å². The number of halogens is 1. The van der Waals surface area contributed by atoms with Gasteiger partial charge in [-0.2, -0.15) is 0 Å². The Kier molecular flexibility index (Phi) is 6.14. The fourth-order valence-electron chi connectivity index (χ4n) is 2.52. The number of rotatable bonds is 8. The van der Waals surface area contributed by atoms with E-state index in [9.17, 15) is 0 Å². The Morgan fingerprint density at radius 2 is 2.24 bits per heavy atom. The quantitative estimate of drug-likeness (QED) is 0.702. The molecule has 1 aliphatic carbocycles. The fourth-order valence-corrected chi connectivity index (χ4v) is 3.23. The summed E-state index contributed by atoms with van der Waals surface area (Å²) in [5, 5.41) is 3.53. The number of benzene rings is 1. The Morgan fingerprint density at radius 3 is 2.81 bits per heavy atom. The molecule has 1 unspecified atom stereocenters. The third kappa shape index (κ3) is 4.76. The molecule has 1 aliphatic rings. The van der Waals surface area contributed by atoms with Gasteiger partial charge in [0, 0.05) is 22.7 Å². The first kappa shape index (κ1) is 16.4. The van der Waals surface area contributed by atoms with Crippen LogP contribution in [0.15, 0.2) is 22.7 Å². The van der Waals surface area contributed by atoms with Crippen LogP contribution in [0.25, 0.3) is 0 Å². The van der Waals surface area contributed by atoms with Gasteiger partial charge in [-0.25, -0.2) is 0 Å². The van der Waals surface area contributed by atoms with E-state index in [4.69, 9.17) is 6.42 Å². The summed E-state index contributed by atoms with van der Waals surface area (Å²) < 4.78 is 1.16. The molecular weight excluding hydrogens is 324 g/mol. The summed E-state index contributed by atoms with van der Waals surface area (Å²) in [4.78, 5) is 2.32. The molecule has 114 valence electrons. The second-order valence-electron chi connectivity index (χ2n) is 5.91. The number of hydrogen-bond acceptors (Lipinski definition) is 2. The fraction of sp³-hybridized carbons (Fsp3) is 0.556. The molecule has 3 heteroatoms. The maximum atomic E-state index is 5.52. The van der Waals surface area contributed by atoms with Gasteiger partial charge in [0.15, 0.2) is 0 Å². The van der Waals surface area contributed by atoms with Crippen LogP contribution in [0.4, 0.5) is 5.69 Å². The maximum Gasteiger partial charge on any atom is 0.0791 e. The van der Waals surface area contributed by atoms with Gasteiger partial charge in [0.25, 0.3) is 0 Å². The van der Waals surface area contributed by atoms with Crippen molar-refractivity contribution in [3.8, 4) is 12.3 Å². The third-order valence-electron chi connectivity index (χ3n) is 3.97. The van der Waals surface area contributed by atoms with Crippen LogP contribution in [-0.2, 0) is 0 Å². The highest BCUT2D eigenvalue weighted by Crippen LogP contribution is 2.33. The van der Waals surface area contributed by atoms with Crippen LogP contribution in [0.5, 0.6) is 0 Å². The minimum atomic E-state index is 0.359. The highest BCUT2D eigenvalue weighted by Gasteiger charge is 2.24. The second-order valence-corrected chi connectivity index (χ2v) is 6.76. The van der Waals surface area contributed by atoms with Gasteiger partial charge in [-0.15, -0.1) is 6.42 Å². The molecule has 1 aromatic rings. The standard InChI is InChI=1S/C18H25BrN2/c1-4-10-20-14(3)17-9-8-16(12-18(17)19)21(11-5-2)13-15-6-7-15/h2,8-9,12,14-15,20H,4,6-7,10-11,13H2,1,3H3. The molecule has 1 fully saturated rings. The van der Waals surface area contributed by atoms with Gasteiger partial charge in [-0.1, -0.05) is 34.8 Å². The molecular formula is C18H25BrN2. The monoisotopic (exact) mass is 348 g/mol. The summed E-state index contributed by atoms with van der Waals surface area (Å²) in [5.41, 5.74) is 2.53. The largest absolute Gasteiger partial charge is 0.360 e. The number of hydrogen-bond donors (Lipinski definition) is 1. The maximum absolute atomic E-state index is 5.52. The smallest absolute Gasteiger partial charge is 0.0791 e. The third-order valence-corrected chi connectivity index (χ3v) is 4.66. The van der Waals surface area contributed by atoms with E-state index in [1.54, 1.807) is 0 Å². The van der Waals surface area contributed by atoms with Gasteiger partial charge in [0.05, 0.1) is 6.54 Å². The van der Waals surface area contributed by atoms with Crippen LogP contribution in [-0.4, -0.2) is 19.6 Å². The molecule has 0 spiro atoms. The lowest BCUT2D eigenvalue weighted by Gasteiger charge is -2.24. The summed E-state index contributed by atoms with van der Waals surface area (Å²) in [6.45, 7) is 7.21. The zero-order chi connectivity index (χ0) is 15.2. The van der Waals surface area contributed by atoms with E-state index in [2.05, 4.69) is 64.1 Å². The SMILES string of the molecule is C#CCN(CC1CC1)c1ccc(C(C)NCCC)c(Br)c1. The summed E-state index contributed by atoms with van der Waals surface area (Å²) in [5.74, 6) is 3.62. The van der Waals surface area contributed by atoms with Gasteiger partial charge in [0.2, 0.25) is 0 Å². The number of nitrogens with one attached hydrogen (secondary N) is 1. The van der Waals surface area contributed by atoms with Gasteiger partial charge in [-0.3, -0.25) is 0 Å². The molecule has 1 atom stereocenters.